The van der Waals surface area contributed by atoms with E-state index < -0.39 is 5.91 Å². The number of anilines is 1. The van der Waals surface area contributed by atoms with Gasteiger partial charge >= 0.3 is 0 Å². The van der Waals surface area contributed by atoms with Crippen LogP contribution in [0.25, 0.3) is 0 Å². The minimum absolute atomic E-state index is 0.0181. The van der Waals surface area contributed by atoms with Crippen LogP contribution in [0.1, 0.15) is 31.1 Å². The molecule has 126 valence electrons. The largest absolute Gasteiger partial charge is 0.372 e. The number of hydrogen-bond acceptors (Lipinski definition) is 5. The molecule has 2 rings (SSSR count). The Morgan fingerprint density at radius 1 is 1.33 bits per heavy atom. The van der Waals surface area contributed by atoms with Crippen LogP contribution >= 0.6 is 0 Å². The number of nitriles is 1. The Hall–Kier alpha value is -2.65. The predicted octanol–water partition coefficient (Wildman–Crippen LogP) is 2.34. The van der Waals surface area contributed by atoms with Crippen LogP contribution in [0.2, 0.25) is 0 Å². The molecular weight excluding hydrogens is 306 g/mol. The highest BCUT2D eigenvalue weighted by atomic mass is 16.5. The summed E-state index contributed by atoms with van der Waals surface area (Å²) in [4.78, 5) is 25.6. The summed E-state index contributed by atoms with van der Waals surface area (Å²) in [6, 6.07) is 8.57. The third kappa shape index (κ3) is 4.67. The van der Waals surface area contributed by atoms with Gasteiger partial charge in [-0.25, -0.2) is 0 Å². The minimum Gasteiger partial charge on any atom is -0.372 e. The van der Waals surface area contributed by atoms with Crippen LogP contribution in [0.15, 0.2) is 36.0 Å². The SMILES string of the molecule is CC(=O)c1cccc(NC(=O)/C(C#N)=C\N2CC(C)OC(C)C2)c1. The van der Waals surface area contributed by atoms with E-state index in [4.69, 9.17) is 4.74 Å². The van der Waals surface area contributed by atoms with Crippen molar-refractivity contribution in [2.24, 2.45) is 0 Å². The fourth-order valence-electron chi connectivity index (χ4n) is 2.66. The Balaban J connectivity index is 2.11. The molecule has 0 spiro atoms. The molecule has 1 fully saturated rings. The molecule has 2 atom stereocenters. The number of carbonyl (C=O) groups excluding carboxylic acids is 2. The first-order chi connectivity index (χ1) is 11.4. The van der Waals surface area contributed by atoms with E-state index in [1.165, 1.54) is 6.92 Å². The average Bonchev–Trinajstić information content (AvgIpc) is 2.51. The van der Waals surface area contributed by atoms with Gasteiger partial charge in [0.15, 0.2) is 5.78 Å². The van der Waals surface area contributed by atoms with Gasteiger partial charge in [-0.2, -0.15) is 5.26 Å². The molecule has 0 aromatic heterocycles. The highest BCUT2D eigenvalue weighted by Gasteiger charge is 2.21. The van der Waals surface area contributed by atoms with Crippen LogP contribution in [0.5, 0.6) is 0 Å². The summed E-state index contributed by atoms with van der Waals surface area (Å²) in [6.07, 6.45) is 1.65. The number of nitrogens with one attached hydrogen (secondary N) is 1. The van der Waals surface area contributed by atoms with Crippen molar-refractivity contribution in [2.45, 2.75) is 33.0 Å². The number of nitrogens with zero attached hydrogens (tertiary/aromatic N) is 2. The molecule has 0 bridgehead atoms. The monoisotopic (exact) mass is 327 g/mol. The van der Waals surface area contributed by atoms with Crippen LogP contribution in [0.4, 0.5) is 5.69 Å². The maximum atomic E-state index is 12.3. The van der Waals surface area contributed by atoms with Gasteiger partial charge in [0.25, 0.3) is 5.91 Å². The molecule has 2 unspecified atom stereocenters. The maximum Gasteiger partial charge on any atom is 0.267 e. The van der Waals surface area contributed by atoms with E-state index >= 15 is 0 Å². The normalized spacial score (nSPS) is 21.1. The molecule has 24 heavy (non-hydrogen) atoms. The summed E-state index contributed by atoms with van der Waals surface area (Å²) in [5, 5.41) is 11.9. The molecule has 1 amide bonds. The van der Waals surface area contributed by atoms with E-state index in [0.29, 0.717) is 24.3 Å². The van der Waals surface area contributed by atoms with Gasteiger partial charge in [0.05, 0.1) is 12.2 Å². The zero-order valence-electron chi connectivity index (χ0n) is 14.1. The van der Waals surface area contributed by atoms with E-state index in [9.17, 15) is 14.9 Å². The highest BCUT2D eigenvalue weighted by Crippen LogP contribution is 2.15. The standard InChI is InChI=1S/C18H21N3O3/c1-12-9-21(10-13(2)24-12)11-16(8-19)18(23)20-17-6-4-5-15(7-17)14(3)22/h4-7,11-13H,9-10H2,1-3H3,(H,20,23)/b16-11-. The molecule has 1 aromatic rings. The quantitative estimate of drug-likeness (QED) is 0.521. The Morgan fingerprint density at radius 3 is 2.58 bits per heavy atom. The van der Waals surface area contributed by atoms with E-state index in [0.717, 1.165) is 0 Å². The number of ether oxygens (including phenoxy) is 1. The van der Waals surface area contributed by atoms with Crippen molar-refractivity contribution in [1.82, 2.24) is 4.90 Å². The van der Waals surface area contributed by atoms with Crippen molar-refractivity contribution in [3.63, 3.8) is 0 Å². The van der Waals surface area contributed by atoms with Crippen LogP contribution in [-0.2, 0) is 9.53 Å². The summed E-state index contributed by atoms with van der Waals surface area (Å²) in [6.45, 7) is 6.62. The predicted molar refractivity (Wildman–Crippen MR) is 90.4 cm³/mol. The van der Waals surface area contributed by atoms with E-state index in [-0.39, 0.29) is 23.6 Å². The van der Waals surface area contributed by atoms with Gasteiger partial charge in [0.2, 0.25) is 0 Å². The second-order valence-corrected chi connectivity index (χ2v) is 5.96. The number of carbonyl (C=O) groups is 2. The summed E-state index contributed by atoms with van der Waals surface area (Å²) >= 11 is 0. The molecule has 0 radical (unpaired) electrons. The van der Waals surface area contributed by atoms with Crippen LogP contribution in [0.3, 0.4) is 0 Å². The highest BCUT2D eigenvalue weighted by molar-refractivity contribution is 6.07. The van der Waals surface area contributed by atoms with Crippen molar-refractivity contribution in [1.29, 1.82) is 5.26 Å². The molecule has 1 N–H and O–H groups in total. The average molecular weight is 327 g/mol. The lowest BCUT2D eigenvalue weighted by atomic mass is 10.1. The zero-order valence-corrected chi connectivity index (χ0v) is 14.1. The molecule has 1 saturated heterocycles. The van der Waals surface area contributed by atoms with Gasteiger partial charge in [-0.1, -0.05) is 12.1 Å². The first-order valence-corrected chi connectivity index (χ1v) is 7.83. The minimum atomic E-state index is -0.495. The van der Waals surface area contributed by atoms with E-state index in [2.05, 4.69) is 5.32 Å². The van der Waals surface area contributed by atoms with Gasteiger partial charge in [-0.15, -0.1) is 0 Å². The maximum absolute atomic E-state index is 12.3. The Morgan fingerprint density at radius 2 is 2.00 bits per heavy atom. The van der Waals surface area contributed by atoms with Gasteiger partial charge in [-0.05, 0) is 32.9 Å². The van der Waals surface area contributed by atoms with Gasteiger partial charge in [0, 0.05) is 30.5 Å². The van der Waals surface area contributed by atoms with Crippen molar-refractivity contribution < 1.29 is 14.3 Å². The lowest BCUT2D eigenvalue weighted by molar-refractivity contribution is -0.112. The fraction of sp³-hybridized carbons (Fsp3) is 0.389. The number of ketones is 1. The first-order valence-electron chi connectivity index (χ1n) is 7.83. The Bertz CT molecular complexity index is 696. The number of morpholine rings is 1. The lowest BCUT2D eigenvalue weighted by Gasteiger charge is -2.34. The second-order valence-electron chi connectivity index (χ2n) is 5.96. The Labute approximate surface area is 141 Å². The van der Waals surface area contributed by atoms with Gasteiger partial charge < -0.3 is 15.0 Å². The summed E-state index contributed by atoms with van der Waals surface area (Å²) in [7, 11) is 0. The topological polar surface area (TPSA) is 82.4 Å². The van der Waals surface area contributed by atoms with E-state index in [1.807, 2.05) is 24.8 Å². The number of hydrogen-bond donors (Lipinski definition) is 1. The van der Waals surface area contributed by atoms with Crippen LogP contribution in [0, 0.1) is 11.3 Å². The smallest absolute Gasteiger partial charge is 0.267 e. The summed E-state index contributed by atoms with van der Waals surface area (Å²) in [5.41, 5.74) is 1.01. The van der Waals surface area contributed by atoms with Crippen molar-refractivity contribution in [2.75, 3.05) is 18.4 Å². The summed E-state index contributed by atoms with van der Waals surface area (Å²) in [5.74, 6) is -0.580. The Kier molecular flexibility index (Phi) is 5.72. The molecular formula is C18H21N3O3. The van der Waals surface area contributed by atoms with Crippen molar-refractivity contribution in [3.8, 4) is 6.07 Å². The van der Waals surface area contributed by atoms with Crippen molar-refractivity contribution >= 4 is 17.4 Å². The number of rotatable bonds is 4. The molecule has 1 heterocycles. The third-order valence-corrected chi connectivity index (χ3v) is 3.65. The third-order valence-electron chi connectivity index (χ3n) is 3.65. The van der Waals surface area contributed by atoms with E-state index in [1.54, 1.807) is 30.5 Å². The second kappa shape index (κ2) is 7.75. The number of amides is 1. The number of Topliss-reactive ketones (excluding diaryl/α,β-unsaturated/α-hetero) is 1. The van der Waals surface area contributed by atoms with Crippen molar-refractivity contribution in [3.05, 3.63) is 41.6 Å². The fourth-order valence-corrected chi connectivity index (χ4v) is 2.66. The molecule has 6 nitrogen and oxygen atoms in total. The zero-order chi connectivity index (χ0) is 17.7. The van der Waals surface area contributed by atoms with Crippen LogP contribution < -0.4 is 5.32 Å². The molecule has 0 saturated carbocycles. The number of benzene rings is 1. The molecule has 1 aliphatic heterocycles. The molecule has 6 heteroatoms. The van der Waals surface area contributed by atoms with Crippen LogP contribution in [-0.4, -0.2) is 41.9 Å². The first kappa shape index (κ1) is 17.7. The van der Waals surface area contributed by atoms with Gasteiger partial charge in [0.1, 0.15) is 11.6 Å². The summed E-state index contributed by atoms with van der Waals surface area (Å²) < 4.78 is 5.64. The molecule has 1 aromatic carbocycles. The molecule has 1 aliphatic rings. The van der Waals surface area contributed by atoms with Gasteiger partial charge in [-0.3, -0.25) is 9.59 Å². The molecule has 0 aliphatic carbocycles. The lowest BCUT2D eigenvalue weighted by Crippen LogP contribution is -2.43.